The Kier molecular flexibility index (Phi) is 6.99. The van der Waals surface area contributed by atoms with E-state index in [1.165, 1.54) is 42.5 Å². The molecular weight excluding hydrogens is 429 g/mol. The second-order valence-corrected chi connectivity index (χ2v) is 6.99. The van der Waals surface area contributed by atoms with E-state index in [-0.39, 0.29) is 22.7 Å². The Balaban J connectivity index is 1.93. The molecule has 2 aromatic carbocycles. The summed E-state index contributed by atoms with van der Waals surface area (Å²) in [5.41, 5.74) is 5.59. The van der Waals surface area contributed by atoms with Gasteiger partial charge < -0.3 is 30.9 Å². The van der Waals surface area contributed by atoms with Gasteiger partial charge in [0.25, 0.3) is 0 Å². The number of anilines is 1. The average Bonchev–Trinajstić information content (AvgIpc) is 2.78. The number of nitrogen functional groups attached to an aromatic ring is 1. The molecule has 2 atom stereocenters. The fourth-order valence-corrected chi connectivity index (χ4v) is 2.96. The fourth-order valence-electron chi connectivity index (χ4n) is 2.96. The van der Waals surface area contributed by atoms with Crippen LogP contribution in [0.2, 0.25) is 0 Å². The Labute approximate surface area is 181 Å². The second-order valence-electron chi connectivity index (χ2n) is 6.99. The summed E-state index contributed by atoms with van der Waals surface area (Å²) in [6, 6.07) is 12.0. The van der Waals surface area contributed by atoms with Crippen molar-refractivity contribution < 1.29 is 38.3 Å². The van der Waals surface area contributed by atoms with Crippen LogP contribution in [-0.4, -0.2) is 38.6 Å². The number of nitrogens with zero attached hydrogens (tertiary/aromatic N) is 1. The molecule has 0 spiro atoms. The van der Waals surface area contributed by atoms with Gasteiger partial charge in [-0.2, -0.15) is 13.2 Å². The van der Waals surface area contributed by atoms with Crippen LogP contribution < -0.4 is 10.5 Å². The number of ether oxygens (including phenoxy) is 1. The number of aliphatic hydroxyl groups is 4. The predicted octanol–water partition coefficient (Wildman–Crippen LogP) is 3.19. The Morgan fingerprint density at radius 1 is 0.906 bits per heavy atom. The molecule has 0 aliphatic rings. The van der Waals surface area contributed by atoms with Gasteiger partial charge in [0.15, 0.2) is 0 Å². The average molecular weight is 450 g/mol. The number of hydrogen-bond acceptors (Lipinski definition) is 7. The lowest BCUT2D eigenvalue weighted by Gasteiger charge is -2.16. The third kappa shape index (κ3) is 5.35. The number of alkyl halides is 3. The largest absolute Gasteiger partial charge is 0.457 e. The van der Waals surface area contributed by atoms with Gasteiger partial charge in [0.1, 0.15) is 29.3 Å². The molecule has 3 rings (SSSR count). The smallest absolute Gasteiger partial charge is 0.420 e. The van der Waals surface area contributed by atoms with Gasteiger partial charge in [-0.15, -0.1) is 0 Å². The van der Waals surface area contributed by atoms with Crippen LogP contribution in [0.5, 0.6) is 11.5 Å². The topological polar surface area (TPSA) is 129 Å². The van der Waals surface area contributed by atoms with Crippen molar-refractivity contribution in [3.05, 3.63) is 71.4 Å². The SMILES string of the molecule is Nc1ccc(Oc2ccc(-c3cc([C@@H](O)CO)cc([C@@H](O)CO)n3)cc2)c(C(F)(F)F)c1. The minimum absolute atomic E-state index is 0.0445. The lowest BCUT2D eigenvalue weighted by Crippen LogP contribution is -2.10. The second kappa shape index (κ2) is 9.53. The highest BCUT2D eigenvalue weighted by atomic mass is 19.4. The molecule has 0 fully saturated rings. The van der Waals surface area contributed by atoms with E-state index < -0.39 is 42.9 Å². The van der Waals surface area contributed by atoms with Gasteiger partial charge in [-0.05, 0) is 60.2 Å². The maximum atomic E-state index is 13.3. The third-order valence-corrected chi connectivity index (χ3v) is 4.63. The van der Waals surface area contributed by atoms with Crippen LogP contribution in [0.4, 0.5) is 18.9 Å². The highest BCUT2D eigenvalue weighted by Gasteiger charge is 2.34. The van der Waals surface area contributed by atoms with E-state index in [0.29, 0.717) is 11.3 Å². The van der Waals surface area contributed by atoms with Crippen molar-refractivity contribution >= 4 is 5.69 Å². The lowest BCUT2D eigenvalue weighted by molar-refractivity contribution is -0.138. The summed E-state index contributed by atoms with van der Waals surface area (Å²) in [5, 5.41) is 38.3. The third-order valence-electron chi connectivity index (χ3n) is 4.63. The maximum Gasteiger partial charge on any atom is 0.420 e. The first kappa shape index (κ1) is 23.5. The van der Waals surface area contributed by atoms with Crippen LogP contribution in [0.25, 0.3) is 11.3 Å². The number of aliphatic hydroxyl groups excluding tert-OH is 4. The molecule has 32 heavy (non-hydrogen) atoms. The van der Waals surface area contributed by atoms with E-state index in [4.69, 9.17) is 10.5 Å². The van der Waals surface area contributed by atoms with Crippen LogP contribution in [0.1, 0.15) is 29.0 Å². The van der Waals surface area contributed by atoms with Crippen LogP contribution in [0, 0.1) is 0 Å². The van der Waals surface area contributed by atoms with Crippen LogP contribution in [0.3, 0.4) is 0 Å². The van der Waals surface area contributed by atoms with E-state index in [9.17, 15) is 33.6 Å². The predicted molar refractivity (Wildman–Crippen MR) is 110 cm³/mol. The van der Waals surface area contributed by atoms with Crippen molar-refractivity contribution in [1.29, 1.82) is 0 Å². The fraction of sp³-hybridized carbons (Fsp3) is 0.227. The Bertz CT molecular complexity index is 1050. The number of halogens is 3. The van der Waals surface area contributed by atoms with E-state index in [1.807, 2.05) is 0 Å². The number of rotatable bonds is 7. The quantitative estimate of drug-likeness (QED) is 0.350. The van der Waals surface area contributed by atoms with E-state index in [2.05, 4.69) is 4.98 Å². The Morgan fingerprint density at radius 2 is 1.56 bits per heavy atom. The molecule has 0 saturated carbocycles. The molecule has 0 unspecified atom stereocenters. The van der Waals surface area contributed by atoms with Gasteiger partial charge >= 0.3 is 6.18 Å². The molecule has 3 aromatic rings. The van der Waals surface area contributed by atoms with Crippen molar-refractivity contribution in [2.45, 2.75) is 18.4 Å². The molecule has 1 aromatic heterocycles. The molecule has 6 N–H and O–H groups in total. The van der Waals surface area contributed by atoms with Crippen LogP contribution >= 0.6 is 0 Å². The van der Waals surface area contributed by atoms with Gasteiger partial charge in [0.2, 0.25) is 0 Å². The first-order valence-corrected chi connectivity index (χ1v) is 9.47. The zero-order valence-corrected chi connectivity index (χ0v) is 16.6. The van der Waals surface area contributed by atoms with Gasteiger partial charge in [0.05, 0.1) is 24.6 Å². The number of benzene rings is 2. The molecule has 7 nitrogen and oxygen atoms in total. The number of pyridine rings is 1. The molecule has 0 amide bonds. The summed E-state index contributed by atoms with van der Waals surface area (Å²) in [5.74, 6) is -0.273. The van der Waals surface area contributed by atoms with E-state index in [1.54, 1.807) is 0 Å². The number of nitrogens with two attached hydrogens (primary N) is 1. The summed E-state index contributed by atoms with van der Waals surface area (Å²) in [7, 11) is 0. The minimum Gasteiger partial charge on any atom is -0.457 e. The molecular formula is C22H21F3N2O5. The molecule has 0 bridgehead atoms. The summed E-state index contributed by atoms with van der Waals surface area (Å²) in [6.45, 7) is -1.16. The molecule has 0 saturated heterocycles. The van der Waals surface area contributed by atoms with Gasteiger partial charge in [-0.3, -0.25) is 0 Å². The zero-order valence-electron chi connectivity index (χ0n) is 16.6. The Hall–Kier alpha value is -3.18. The summed E-state index contributed by atoms with van der Waals surface area (Å²) in [4.78, 5) is 4.25. The van der Waals surface area contributed by atoms with Crippen molar-refractivity contribution in [2.75, 3.05) is 18.9 Å². The van der Waals surface area contributed by atoms with Crippen molar-refractivity contribution in [2.24, 2.45) is 0 Å². The minimum atomic E-state index is -4.65. The molecule has 0 aliphatic carbocycles. The molecule has 170 valence electrons. The maximum absolute atomic E-state index is 13.3. The summed E-state index contributed by atoms with van der Waals surface area (Å²) in [6.07, 6.45) is -7.17. The molecule has 10 heteroatoms. The van der Waals surface area contributed by atoms with E-state index in [0.717, 1.165) is 12.1 Å². The van der Waals surface area contributed by atoms with Gasteiger partial charge in [0, 0.05) is 11.3 Å². The van der Waals surface area contributed by atoms with Crippen LogP contribution in [-0.2, 0) is 6.18 Å². The van der Waals surface area contributed by atoms with Crippen LogP contribution in [0.15, 0.2) is 54.6 Å². The van der Waals surface area contributed by atoms with E-state index >= 15 is 0 Å². The van der Waals surface area contributed by atoms with Crippen molar-refractivity contribution in [3.63, 3.8) is 0 Å². The number of aromatic nitrogens is 1. The highest BCUT2D eigenvalue weighted by Crippen LogP contribution is 2.39. The summed E-state index contributed by atoms with van der Waals surface area (Å²) >= 11 is 0. The molecule has 1 heterocycles. The first-order valence-electron chi connectivity index (χ1n) is 9.47. The highest BCUT2D eigenvalue weighted by molar-refractivity contribution is 5.62. The number of hydrogen-bond donors (Lipinski definition) is 5. The molecule has 0 aliphatic heterocycles. The van der Waals surface area contributed by atoms with Crippen molar-refractivity contribution in [3.8, 4) is 22.8 Å². The lowest BCUT2D eigenvalue weighted by atomic mass is 10.0. The van der Waals surface area contributed by atoms with Gasteiger partial charge in [-0.25, -0.2) is 4.98 Å². The zero-order chi connectivity index (χ0) is 23.5. The standard InChI is InChI=1S/C22H21F3N2O5/c23-22(24,25)16-9-14(26)3-6-21(16)32-15-4-1-12(2-5-15)17-7-13(19(30)10-28)8-18(27-17)20(31)11-29/h1-9,19-20,28-31H,10-11,26H2/t19-,20-/m0/s1. The molecule has 0 radical (unpaired) electrons. The Morgan fingerprint density at radius 3 is 2.16 bits per heavy atom. The monoisotopic (exact) mass is 450 g/mol. The van der Waals surface area contributed by atoms with Gasteiger partial charge in [-0.1, -0.05) is 0 Å². The first-order chi connectivity index (χ1) is 15.1. The normalized spacial score (nSPS) is 13.6. The van der Waals surface area contributed by atoms with Crippen molar-refractivity contribution in [1.82, 2.24) is 4.98 Å². The summed E-state index contributed by atoms with van der Waals surface area (Å²) < 4.78 is 45.2.